The molecule has 1 saturated heterocycles. The molecule has 0 atom stereocenters. The van der Waals surface area contributed by atoms with Gasteiger partial charge >= 0.3 is 0 Å². The van der Waals surface area contributed by atoms with Crippen molar-refractivity contribution in [3.63, 3.8) is 0 Å². The van der Waals surface area contributed by atoms with E-state index in [-0.39, 0.29) is 5.91 Å². The van der Waals surface area contributed by atoms with Crippen LogP contribution < -0.4 is 0 Å². The second-order valence-corrected chi connectivity index (χ2v) is 10.4. The minimum absolute atomic E-state index is 0.0917. The van der Waals surface area contributed by atoms with Crippen molar-refractivity contribution >= 4 is 52.0 Å². The van der Waals surface area contributed by atoms with Crippen LogP contribution in [0.1, 0.15) is 25.3 Å². The average Bonchev–Trinajstić information content (AvgIpc) is 3.37. The number of thioether (sulfide) groups is 2. The summed E-state index contributed by atoms with van der Waals surface area (Å²) in [6, 6.07) is 18.5. The third-order valence-corrected chi connectivity index (χ3v) is 7.61. The van der Waals surface area contributed by atoms with Crippen LogP contribution in [0.25, 0.3) is 23.0 Å². The van der Waals surface area contributed by atoms with Gasteiger partial charge in [0.05, 0.1) is 16.3 Å². The van der Waals surface area contributed by atoms with Crippen LogP contribution in [-0.4, -0.2) is 37.2 Å². The van der Waals surface area contributed by atoms with Gasteiger partial charge < -0.3 is 0 Å². The fourth-order valence-corrected chi connectivity index (χ4v) is 5.66. The molecule has 1 aliphatic heterocycles. The molecule has 0 radical (unpaired) electrons. The van der Waals surface area contributed by atoms with Crippen LogP contribution in [0.15, 0.2) is 83.2 Å². The van der Waals surface area contributed by atoms with Crippen LogP contribution in [0.5, 0.6) is 0 Å². The van der Waals surface area contributed by atoms with Crippen molar-refractivity contribution in [3.8, 4) is 16.9 Å². The quantitative estimate of drug-likeness (QED) is 0.108. The third kappa shape index (κ3) is 5.49. The normalized spacial score (nSPS) is 14.9. The molecule has 4 nitrogen and oxygen atoms in total. The van der Waals surface area contributed by atoms with Gasteiger partial charge in [-0.1, -0.05) is 73.7 Å². The first-order valence-corrected chi connectivity index (χ1v) is 13.1. The summed E-state index contributed by atoms with van der Waals surface area (Å²) < 4.78 is 2.41. The Labute approximate surface area is 208 Å². The highest BCUT2D eigenvalue weighted by molar-refractivity contribution is 8.26. The molecule has 1 amide bonds. The minimum atomic E-state index is -0.0917. The second kappa shape index (κ2) is 11.0. The molecule has 0 unspecified atom stereocenters. The number of hydrogen-bond donors (Lipinski definition) is 0. The lowest BCUT2D eigenvalue weighted by atomic mass is 10.1. The third-order valence-electron chi connectivity index (χ3n) is 5.13. The van der Waals surface area contributed by atoms with Crippen LogP contribution in [0.3, 0.4) is 0 Å². The zero-order valence-electron chi connectivity index (χ0n) is 18.4. The summed E-state index contributed by atoms with van der Waals surface area (Å²) in [5.41, 5.74) is 3.68. The monoisotopic (exact) mass is 491 g/mol. The molecule has 0 saturated carbocycles. The highest BCUT2D eigenvalue weighted by Gasteiger charge is 2.31. The smallest absolute Gasteiger partial charge is 0.266 e. The Morgan fingerprint density at radius 2 is 1.91 bits per heavy atom. The van der Waals surface area contributed by atoms with E-state index in [1.165, 1.54) is 29.5 Å². The summed E-state index contributed by atoms with van der Waals surface area (Å²) in [6.07, 6.45) is 7.96. The molecule has 2 heterocycles. The van der Waals surface area contributed by atoms with Crippen molar-refractivity contribution in [2.45, 2.75) is 24.7 Å². The summed E-state index contributed by atoms with van der Waals surface area (Å²) in [4.78, 5) is 16.3. The van der Waals surface area contributed by atoms with Crippen molar-refractivity contribution in [1.82, 2.24) is 14.7 Å². The van der Waals surface area contributed by atoms with Gasteiger partial charge in [0.25, 0.3) is 5.91 Å². The maximum Gasteiger partial charge on any atom is 0.266 e. The zero-order valence-corrected chi connectivity index (χ0v) is 20.9. The summed E-state index contributed by atoms with van der Waals surface area (Å²) in [5, 5.41) is 4.88. The predicted octanol–water partition coefficient (Wildman–Crippen LogP) is 6.82. The number of hydrogen-bond acceptors (Lipinski definition) is 5. The molecule has 168 valence electrons. The fraction of sp³-hybridized carbons (Fsp3) is 0.192. The number of unbranched alkanes of at least 4 members (excludes halogenated alkanes) is 1. The molecule has 1 aliphatic rings. The molecule has 4 rings (SSSR count). The van der Waals surface area contributed by atoms with Crippen LogP contribution in [0.4, 0.5) is 0 Å². The van der Waals surface area contributed by atoms with Gasteiger partial charge in [0.1, 0.15) is 4.32 Å². The molecule has 33 heavy (non-hydrogen) atoms. The minimum Gasteiger partial charge on any atom is -0.289 e. The highest BCUT2D eigenvalue weighted by atomic mass is 32.2. The van der Waals surface area contributed by atoms with Gasteiger partial charge in [-0.2, -0.15) is 5.10 Å². The molecular formula is C26H25N3OS3. The van der Waals surface area contributed by atoms with Gasteiger partial charge in [0.2, 0.25) is 0 Å². The Bertz CT molecular complexity index is 1180. The molecule has 3 aromatic rings. The Morgan fingerprint density at radius 1 is 1.15 bits per heavy atom. The number of carbonyl (C=O) groups is 1. The first kappa shape index (κ1) is 23.5. The van der Waals surface area contributed by atoms with Gasteiger partial charge in [0.15, 0.2) is 0 Å². The number of amides is 1. The van der Waals surface area contributed by atoms with Crippen molar-refractivity contribution in [1.29, 1.82) is 0 Å². The number of para-hydroxylation sites is 1. The second-order valence-electron chi connectivity index (χ2n) is 7.52. The first-order chi connectivity index (χ1) is 16.1. The van der Waals surface area contributed by atoms with Gasteiger partial charge in [-0.3, -0.25) is 9.69 Å². The van der Waals surface area contributed by atoms with E-state index in [1.54, 1.807) is 11.0 Å². The lowest BCUT2D eigenvalue weighted by Crippen LogP contribution is -2.27. The molecule has 1 aromatic heterocycles. The summed E-state index contributed by atoms with van der Waals surface area (Å²) >= 11 is 8.59. The summed E-state index contributed by atoms with van der Waals surface area (Å²) in [6.45, 7) is 6.35. The Balaban J connectivity index is 1.71. The van der Waals surface area contributed by atoms with E-state index in [4.69, 9.17) is 17.3 Å². The SMILES string of the molecule is C=CCN1C(=O)/C(=C/c2cn(-c3ccccc3)nc2-c2ccc(SCCCC)cc2)SC1=S. The van der Waals surface area contributed by atoms with E-state index in [0.717, 1.165) is 28.3 Å². The lowest BCUT2D eigenvalue weighted by Gasteiger charge is -2.10. The molecule has 0 aliphatic carbocycles. The number of aromatic nitrogens is 2. The Hall–Kier alpha value is -2.61. The van der Waals surface area contributed by atoms with E-state index in [2.05, 4.69) is 37.8 Å². The molecule has 1 fully saturated rings. The molecular weight excluding hydrogens is 467 g/mol. The lowest BCUT2D eigenvalue weighted by molar-refractivity contribution is -0.121. The zero-order chi connectivity index (χ0) is 23.2. The van der Waals surface area contributed by atoms with Gasteiger partial charge in [0, 0.05) is 28.8 Å². The number of carbonyl (C=O) groups excluding carboxylic acids is 1. The maximum absolute atomic E-state index is 12.9. The molecule has 2 aromatic carbocycles. The molecule has 0 bridgehead atoms. The maximum atomic E-state index is 12.9. The standard InChI is InChI=1S/C26H25N3OS3/c1-3-5-16-32-22-13-11-19(12-14-22)24-20(18-29(27-24)21-9-7-6-8-10-21)17-23-25(30)28(15-4-2)26(31)33-23/h4,6-14,17-18H,2-3,5,15-16H2,1H3/b23-17-. The van der Waals surface area contributed by atoms with E-state index in [0.29, 0.717) is 15.8 Å². The van der Waals surface area contributed by atoms with Crippen molar-refractivity contribution in [3.05, 3.63) is 83.9 Å². The van der Waals surface area contributed by atoms with E-state index in [9.17, 15) is 4.79 Å². The topological polar surface area (TPSA) is 38.1 Å². The Morgan fingerprint density at radius 3 is 2.61 bits per heavy atom. The van der Waals surface area contributed by atoms with Gasteiger partial charge in [-0.05, 0) is 42.5 Å². The fourth-order valence-electron chi connectivity index (χ4n) is 3.40. The van der Waals surface area contributed by atoms with E-state index >= 15 is 0 Å². The number of thiocarbonyl (C=S) groups is 1. The largest absolute Gasteiger partial charge is 0.289 e. The number of nitrogens with zero attached hydrogens (tertiary/aromatic N) is 3. The van der Waals surface area contributed by atoms with Gasteiger partial charge in [-0.25, -0.2) is 4.68 Å². The first-order valence-electron chi connectivity index (χ1n) is 10.8. The van der Waals surface area contributed by atoms with Crippen molar-refractivity contribution in [2.24, 2.45) is 0 Å². The van der Waals surface area contributed by atoms with Crippen LogP contribution in [-0.2, 0) is 4.79 Å². The summed E-state index contributed by atoms with van der Waals surface area (Å²) in [7, 11) is 0. The average molecular weight is 492 g/mol. The van der Waals surface area contributed by atoms with Crippen LogP contribution >= 0.6 is 35.7 Å². The van der Waals surface area contributed by atoms with E-state index < -0.39 is 0 Å². The van der Waals surface area contributed by atoms with Gasteiger partial charge in [-0.15, -0.1) is 18.3 Å². The van der Waals surface area contributed by atoms with Crippen LogP contribution in [0.2, 0.25) is 0 Å². The Kier molecular flexibility index (Phi) is 7.85. The molecule has 0 N–H and O–H groups in total. The van der Waals surface area contributed by atoms with Crippen molar-refractivity contribution in [2.75, 3.05) is 12.3 Å². The molecule has 0 spiro atoms. The number of rotatable bonds is 9. The summed E-state index contributed by atoms with van der Waals surface area (Å²) in [5.74, 6) is 1.03. The molecule has 7 heteroatoms. The van der Waals surface area contributed by atoms with Crippen molar-refractivity contribution < 1.29 is 4.79 Å². The number of benzene rings is 2. The van der Waals surface area contributed by atoms with Crippen LogP contribution in [0, 0.1) is 0 Å². The van der Waals surface area contributed by atoms with E-state index in [1.807, 2.05) is 59.0 Å². The predicted molar refractivity (Wildman–Crippen MR) is 145 cm³/mol. The highest BCUT2D eigenvalue weighted by Crippen LogP contribution is 2.35.